The summed E-state index contributed by atoms with van der Waals surface area (Å²) in [6.45, 7) is 2.69. The van der Waals surface area contributed by atoms with Gasteiger partial charge in [-0.2, -0.15) is 0 Å². The van der Waals surface area contributed by atoms with Crippen LogP contribution in [-0.4, -0.2) is 49.2 Å². The average Bonchev–Trinajstić information content (AvgIpc) is 3.11. The highest BCUT2D eigenvalue weighted by atomic mass is 32.2. The number of anilines is 2. The lowest BCUT2D eigenvalue weighted by atomic mass is 10.1. The number of benzene rings is 2. The van der Waals surface area contributed by atoms with Crippen molar-refractivity contribution in [2.75, 3.05) is 37.5 Å². The molecule has 0 saturated carbocycles. The van der Waals surface area contributed by atoms with Gasteiger partial charge in [0, 0.05) is 37.6 Å². The summed E-state index contributed by atoms with van der Waals surface area (Å²) < 4.78 is 5.62. The van der Waals surface area contributed by atoms with Gasteiger partial charge in [-0.25, -0.2) is 0 Å². The second kappa shape index (κ2) is 9.67. The smallest absolute Gasteiger partial charge is 0.285 e. The van der Waals surface area contributed by atoms with Gasteiger partial charge in [0.05, 0.1) is 18.2 Å². The van der Waals surface area contributed by atoms with Crippen molar-refractivity contribution in [2.45, 2.75) is 18.2 Å². The second-order valence-electron chi connectivity index (χ2n) is 7.08. The Morgan fingerprint density at radius 2 is 1.87 bits per heavy atom. The summed E-state index contributed by atoms with van der Waals surface area (Å²) in [5, 5.41) is 2.80. The highest BCUT2D eigenvalue weighted by Gasteiger charge is 2.36. The van der Waals surface area contributed by atoms with Crippen molar-refractivity contribution in [2.24, 2.45) is 5.92 Å². The molecule has 0 aromatic heterocycles. The molecule has 1 aliphatic rings. The first-order chi connectivity index (χ1) is 14.4. The maximum Gasteiger partial charge on any atom is 0.285 e. The highest BCUT2D eigenvalue weighted by Crippen LogP contribution is 2.33. The van der Waals surface area contributed by atoms with E-state index in [9.17, 15) is 14.4 Å². The number of nitrogens with one attached hydrogen (secondary N) is 1. The molecule has 0 radical (unpaired) electrons. The summed E-state index contributed by atoms with van der Waals surface area (Å²) in [6, 6.07) is 14.4. The van der Waals surface area contributed by atoms with Crippen molar-refractivity contribution in [1.82, 2.24) is 4.90 Å². The molecule has 1 atom stereocenters. The van der Waals surface area contributed by atoms with Crippen LogP contribution >= 0.6 is 11.8 Å². The quantitative estimate of drug-likeness (QED) is 0.709. The number of rotatable bonds is 6. The monoisotopic (exact) mass is 427 g/mol. The molecule has 3 amide bonds. The Labute approximate surface area is 180 Å². The molecule has 3 rings (SSSR count). The van der Waals surface area contributed by atoms with Crippen LogP contribution in [0.15, 0.2) is 53.4 Å². The lowest BCUT2D eigenvalue weighted by Crippen LogP contribution is -2.28. The van der Waals surface area contributed by atoms with Crippen LogP contribution in [0.5, 0.6) is 5.75 Å². The van der Waals surface area contributed by atoms with E-state index in [1.54, 1.807) is 43.3 Å². The molecule has 2 aromatic carbocycles. The molecular formula is C22H25N3O4S. The molecule has 2 aromatic rings. The van der Waals surface area contributed by atoms with E-state index in [0.29, 0.717) is 30.3 Å². The number of nitrogens with zero attached hydrogens (tertiary/aromatic N) is 2. The summed E-state index contributed by atoms with van der Waals surface area (Å²) in [6.07, 6.45) is 0.150. The molecule has 1 N–H and O–H groups in total. The van der Waals surface area contributed by atoms with Crippen LogP contribution in [0.3, 0.4) is 0 Å². The largest absolute Gasteiger partial charge is 0.492 e. The molecule has 158 valence electrons. The van der Waals surface area contributed by atoms with E-state index in [0.717, 1.165) is 16.7 Å². The van der Waals surface area contributed by atoms with Gasteiger partial charge < -0.3 is 19.9 Å². The van der Waals surface area contributed by atoms with Crippen LogP contribution in [0, 0.1) is 5.92 Å². The molecule has 1 saturated heterocycles. The SMILES string of the molecule is CCOc1ccccc1N1CC(C(=O)Nc2ccc(SC(=O)N(C)C)cc2)CC1=O. The van der Waals surface area contributed by atoms with E-state index in [-0.39, 0.29) is 23.5 Å². The molecule has 0 aliphatic carbocycles. The zero-order valence-corrected chi connectivity index (χ0v) is 18.1. The Kier molecular flexibility index (Phi) is 6.99. The number of carbonyl (C=O) groups is 3. The number of para-hydroxylation sites is 2. The van der Waals surface area contributed by atoms with Crippen molar-refractivity contribution in [1.29, 1.82) is 0 Å². The van der Waals surface area contributed by atoms with Crippen LogP contribution in [-0.2, 0) is 9.59 Å². The number of amides is 3. The van der Waals surface area contributed by atoms with Crippen molar-refractivity contribution >= 4 is 40.2 Å². The summed E-state index contributed by atoms with van der Waals surface area (Å²) in [5.41, 5.74) is 1.31. The van der Waals surface area contributed by atoms with Gasteiger partial charge in [0.1, 0.15) is 5.75 Å². The molecule has 7 nitrogen and oxygen atoms in total. The maximum absolute atomic E-state index is 12.7. The standard InChI is InChI=1S/C22H25N3O4S/c1-4-29-19-8-6-5-7-18(19)25-14-15(13-20(25)26)21(27)23-16-9-11-17(12-10-16)30-22(28)24(2)3/h5-12,15H,4,13-14H2,1-3H3,(H,23,27). The maximum atomic E-state index is 12.7. The Hall–Kier alpha value is -3.00. The highest BCUT2D eigenvalue weighted by molar-refractivity contribution is 8.13. The van der Waals surface area contributed by atoms with Crippen molar-refractivity contribution in [3.63, 3.8) is 0 Å². The molecule has 1 heterocycles. The summed E-state index contributed by atoms with van der Waals surface area (Å²) in [7, 11) is 3.39. The predicted octanol–water partition coefficient (Wildman–Crippen LogP) is 3.85. The van der Waals surface area contributed by atoms with Gasteiger partial charge in [-0.05, 0) is 55.1 Å². The zero-order valence-electron chi connectivity index (χ0n) is 17.3. The average molecular weight is 428 g/mol. The number of hydrogen-bond donors (Lipinski definition) is 1. The molecular weight excluding hydrogens is 402 g/mol. The van der Waals surface area contributed by atoms with E-state index in [2.05, 4.69) is 5.32 Å². The minimum Gasteiger partial charge on any atom is -0.492 e. The molecule has 0 spiro atoms. The molecule has 8 heteroatoms. The fourth-order valence-electron chi connectivity index (χ4n) is 3.12. The van der Waals surface area contributed by atoms with E-state index < -0.39 is 5.92 Å². The van der Waals surface area contributed by atoms with Crippen LogP contribution in [0.25, 0.3) is 0 Å². The van der Waals surface area contributed by atoms with Gasteiger partial charge in [-0.15, -0.1) is 0 Å². The third kappa shape index (κ3) is 5.13. The van der Waals surface area contributed by atoms with E-state index in [4.69, 9.17) is 4.74 Å². The summed E-state index contributed by atoms with van der Waals surface area (Å²) >= 11 is 1.12. The van der Waals surface area contributed by atoms with Crippen LogP contribution in [0.4, 0.5) is 16.2 Å². The Morgan fingerprint density at radius 1 is 1.17 bits per heavy atom. The first kappa shape index (κ1) is 21.7. The van der Waals surface area contributed by atoms with Crippen molar-refractivity contribution in [3.8, 4) is 5.75 Å². The third-order valence-electron chi connectivity index (χ3n) is 4.64. The summed E-state index contributed by atoms with van der Waals surface area (Å²) in [5.74, 6) is -0.118. The third-order valence-corrected chi connectivity index (χ3v) is 5.69. The number of carbonyl (C=O) groups excluding carboxylic acids is 3. The first-order valence-electron chi connectivity index (χ1n) is 9.71. The lowest BCUT2D eigenvalue weighted by Gasteiger charge is -2.20. The van der Waals surface area contributed by atoms with Gasteiger partial charge >= 0.3 is 0 Å². The fourth-order valence-corrected chi connectivity index (χ4v) is 3.77. The number of ether oxygens (including phenoxy) is 1. The van der Waals surface area contributed by atoms with Crippen LogP contribution in [0.1, 0.15) is 13.3 Å². The minimum absolute atomic E-state index is 0.0660. The zero-order chi connectivity index (χ0) is 21.7. The van der Waals surface area contributed by atoms with Gasteiger partial charge in [0.15, 0.2) is 0 Å². The van der Waals surface area contributed by atoms with Crippen LogP contribution < -0.4 is 15.0 Å². The normalized spacial score (nSPS) is 15.8. The molecule has 1 unspecified atom stereocenters. The minimum atomic E-state index is -0.448. The molecule has 1 fully saturated rings. The molecule has 1 aliphatic heterocycles. The van der Waals surface area contributed by atoms with Gasteiger partial charge in [-0.1, -0.05) is 12.1 Å². The topological polar surface area (TPSA) is 79.0 Å². The first-order valence-corrected chi connectivity index (χ1v) is 10.5. The lowest BCUT2D eigenvalue weighted by molar-refractivity contribution is -0.122. The van der Waals surface area contributed by atoms with Crippen LogP contribution in [0.2, 0.25) is 0 Å². The number of hydrogen-bond acceptors (Lipinski definition) is 5. The van der Waals surface area contributed by atoms with E-state index in [1.807, 2.05) is 31.2 Å². The molecule has 0 bridgehead atoms. The van der Waals surface area contributed by atoms with E-state index in [1.165, 1.54) is 4.90 Å². The van der Waals surface area contributed by atoms with Gasteiger partial charge in [-0.3, -0.25) is 14.4 Å². The molecule has 30 heavy (non-hydrogen) atoms. The fraction of sp³-hybridized carbons (Fsp3) is 0.318. The Bertz CT molecular complexity index is 930. The van der Waals surface area contributed by atoms with Gasteiger partial charge in [0.2, 0.25) is 11.8 Å². The Balaban J connectivity index is 1.63. The predicted molar refractivity (Wildman–Crippen MR) is 118 cm³/mol. The number of thioether (sulfide) groups is 1. The Morgan fingerprint density at radius 3 is 2.53 bits per heavy atom. The van der Waals surface area contributed by atoms with Gasteiger partial charge in [0.25, 0.3) is 5.24 Å². The van der Waals surface area contributed by atoms with Crippen molar-refractivity contribution in [3.05, 3.63) is 48.5 Å². The second-order valence-corrected chi connectivity index (χ2v) is 8.11. The van der Waals surface area contributed by atoms with Crippen molar-refractivity contribution < 1.29 is 19.1 Å². The summed E-state index contributed by atoms with van der Waals surface area (Å²) in [4.78, 5) is 40.9. The van der Waals surface area contributed by atoms with E-state index >= 15 is 0 Å².